The van der Waals surface area contributed by atoms with E-state index in [-0.39, 0.29) is 17.2 Å². The van der Waals surface area contributed by atoms with Crippen molar-refractivity contribution in [2.75, 3.05) is 18.0 Å². The molecule has 20 heavy (non-hydrogen) atoms. The maximum absolute atomic E-state index is 11.1. The zero-order valence-corrected chi connectivity index (χ0v) is 10.6. The molecule has 1 heterocycles. The van der Waals surface area contributed by atoms with Crippen LogP contribution >= 0.6 is 0 Å². The van der Waals surface area contributed by atoms with Gasteiger partial charge in [0.25, 0.3) is 5.69 Å². The molecule has 0 saturated carbocycles. The highest BCUT2D eigenvalue weighted by atomic mass is 16.6. The lowest BCUT2D eigenvalue weighted by Crippen LogP contribution is -2.27. The van der Waals surface area contributed by atoms with Gasteiger partial charge in [-0.2, -0.15) is 0 Å². The number of carbonyl (C=O) groups is 2. The van der Waals surface area contributed by atoms with Crippen molar-refractivity contribution in [2.24, 2.45) is 17.4 Å². The van der Waals surface area contributed by atoms with Crippen LogP contribution in [0.25, 0.3) is 0 Å². The fourth-order valence-electron chi connectivity index (χ4n) is 2.30. The Morgan fingerprint density at radius 2 is 2.05 bits per heavy atom. The van der Waals surface area contributed by atoms with Crippen molar-refractivity contribution in [3.8, 4) is 0 Å². The van der Waals surface area contributed by atoms with Crippen LogP contribution in [0.15, 0.2) is 18.2 Å². The quantitative estimate of drug-likeness (QED) is 0.591. The molecule has 4 N–H and O–H groups in total. The Morgan fingerprint density at radius 3 is 2.55 bits per heavy atom. The third-order valence-electron chi connectivity index (χ3n) is 3.39. The number of hydrogen-bond acceptors (Lipinski definition) is 5. The van der Waals surface area contributed by atoms with E-state index in [4.69, 9.17) is 11.5 Å². The number of benzene rings is 1. The molecule has 0 spiro atoms. The summed E-state index contributed by atoms with van der Waals surface area (Å²) in [4.78, 5) is 34.5. The van der Waals surface area contributed by atoms with Crippen molar-refractivity contribution in [1.82, 2.24) is 0 Å². The van der Waals surface area contributed by atoms with Crippen LogP contribution in [0.1, 0.15) is 16.8 Å². The van der Waals surface area contributed by atoms with E-state index in [2.05, 4.69) is 0 Å². The molecule has 1 saturated heterocycles. The van der Waals surface area contributed by atoms with Gasteiger partial charge in [-0.05, 0) is 18.6 Å². The molecule has 1 aliphatic heterocycles. The first-order valence-electron chi connectivity index (χ1n) is 6.02. The van der Waals surface area contributed by atoms with Crippen LogP contribution in [0.4, 0.5) is 11.4 Å². The van der Waals surface area contributed by atoms with E-state index >= 15 is 0 Å². The molecule has 8 nitrogen and oxygen atoms in total. The zero-order chi connectivity index (χ0) is 14.9. The van der Waals surface area contributed by atoms with Crippen molar-refractivity contribution in [1.29, 1.82) is 0 Å². The van der Waals surface area contributed by atoms with Gasteiger partial charge in [-0.1, -0.05) is 0 Å². The van der Waals surface area contributed by atoms with Crippen LogP contribution in [0.5, 0.6) is 0 Å². The van der Waals surface area contributed by atoms with E-state index in [9.17, 15) is 19.7 Å². The number of nitro groups is 1. The van der Waals surface area contributed by atoms with E-state index in [1.807, 2.05) is 0 Å². The monoisotopic (exact) mass is 278 g/mol. The van der Waals surface area contributed by atoms with Crippen molar-refractivity contribution in [3.05, 3.63) is 33.9 Å². The summed E-state index contributed by atoms with van der Waals surface area (Å²) in [6, 6.07) is 4.05. The lowest BCUT2D eigenvalue weighted by molar-refractivity contribution is -0.384. The first-order chi connectivity index (χ1) is 9.40. The predicted molar refractivity (Wildman–Crippen MR) is 71.1 cm³/mol. The molecule has 2 amide bonds. The second-order valence-electron chi connectivity index (χ2n) is 4.66. The molecule has 106 valence electrons. The summed E-state index contributed by atoms with van der Waals surface area (Å²) in [7, 11) is 0. The maximum Gasteiger partial charge on any atom is 0.293 e. The molecule has 0 radical (unpaired) electrons. The Hall–Kier alpha value is -2.64. The van der Waals surface area contributed by atoms with Gasteiger partial charge in [0.05, 0.1) is 10.8 Å². The van der Waals surface area contributed by atoms with Gasteiger partial charge in [-0.15, -0.1) is 0 Å². The molecule has 1 fully saturated rings. The normalized spacial score (nSPS) is 18.0. The molecule has 0 aromatic heterocycles. The van der Waals surface area contributed by atoms with Crippen LogP contribution in [0, 0.1) is 16.0 Å². The second kappa shape index (κ2) is 5.16. The van der Waals surface area contributed by atoms with Crippen molar-refractivity contribution in [3.63, 3.8) is 0 Å². The van der Waals surface area contributed by atoms with Gasteiger partial charge >= 0.3 is 0 Å². The third kappa shape index (κ3) is 2.53. The molecule has 0 bridgehead atoms. The van der Waals surface area contributed by atoms with Crippen LogP contribution in [-0.2, 0) is 4.79 Å². The Kier molecular flexibility index (Phi) is 3.55. The number of nitrogens with two attached hydrogens (primary N) is 2. The molecule has 1 atom stereocenters. The summed E-state index contributed by atoms with van der Waals surface area (Å²) in [6.45, 7) is 0.844. The minimum atomic E-state index is -0.726. The summed E-state index contributed by atoms with van der Waals surface area (Å²) >= 11 is 0. The number of primary amides is 2. The molecule has 1 aromatic rings. The number of nitrogens with zero attached hydrogens (tertiary/aromatic N) is 2. The van der Waals surface area contributed by atoms with E-state index in [0.29, 0.717) is 25.2 Å². The number of rotatable bonds is 4. The highest BCUT2D eigenvalue weighted by Crippen LogP contribution is 2.32. The lowest BCUT2D eigenvalue weighted by atomic mass is 10.1. The molecule has 0 aliphatic carbocycles. The summed E-state index contributed by atoms with van der Waals surface area (Å²) in [5.74, 6) is -1.45. The average Bonchev–Trinajstić information content (AvgIpc) is 2.87. The maximum atomic E-state index is 11.1. The van der Waals surface area contributed by atoms with E-state index in [1.54, 1.807) is 4.90 Å². The lowest BCUT2D eigenvalue weighted by Gasteiger charge is -2.18. The van der Waals surface area contributed by atoms with Crippen LogP contribution < -0.4 is 16.4 Å². The van der Waals surface area contributed by atoms with Gasteiger partial charge in [0, 0.05) is 24.7 Å². The van der Waals surface area contributed by atoms with E-state index in [0.717, 1.165) is 6.07 Å². The first-order valence-corrected chi connectivity index (χ1v) is 6.02. The van der Waals surface area contributed by atoms with Crippen LogP contribution in [0.3, 0.4) is 0 Å². The zero-order valence-electron chi connectivity index (χ0n) is 10.6. The Balaban J connectivity index is 2.35. The van der Waals surface area contributed by atoms with Crippen LogP contribution in [-0.4, -0.2) is 29.8 Å². The van der Waals surface area contributed by atoms with Gasteiger partial charge in [0.15, 0.2) is 0 Å². The topological polar surface area (TPSA) is 133 Å². The molecule has 1 unspecified atom stereocenters. The van der Waals surface area contributed by atoms with Gasteiger partial charge in [0.1, 0.15) is 5.69 Å². The number of amides is 2. The predicted octanol–water partition coefficient (Wildman–Crippen LogP) is 0.00530. The molecular formula is C12H14N4O4. The van der Waals surface area contributed by atoms with Crippen molar-refractivity contribution in [2.45, 2.75) is 6.42 Å². The highest BCUT2D eigenvalue weighted by molar-refractivity contribution is 5.94. The standard InChI is InChI=1S/C12H14N4O4/c13-11(17)7-1-2-9(10(5-7)16(19)20)15-4-3-8(6-15)12(14)18/h1-2,5,8H,3-4,6H2,(H2,13,17)(H2,14,18). The molecule has 1 aliphatic rings. The smallest absolute Gasteiger partial charge is 0.293 e. The van der Waals surface area contributed by atoms with E-state index < -0.39 is 16.7 Å². The number of hydrogen-bond donors (Lipinski definition) is 2. The number of anilines is 1. The van der Waals surface area contributed by atoms with E-state index in [1.165, 1.54) is 12.1 Å². The Bertz CT molecular complexity index is 587. The summed E-state index contributed by atoms with van der Waals surface area (Å²) < 4.78 is 0. The summed E-state index contributed by atoms with van der Waals surface area (Å²) in [5.41, 5.74) is 10.6. The summed E-state index contributed by atoms with van der Waals surface area (Å²) in [5, 5.41) is 11.1. The fourth-order valence-corrected chi connectivity index (χ4v) is 2.30. The van der Waals surface area contributed by atoms with Crippen LogP contribution in [0.2, 0.25) is 0 Å². The molecule has 2 rings (SSSR count). The van der Waals surface area contributed by atoms with Gasteiger partial charge in [-0.25, -0.2) is 0 Å². The minimum absolute atomic E-state index is 0.0751. The van der Waals surface area contributed by atoms with Gasteiger partial charge in [-0.3, -0.25) is 19.7 Å². The van der Waals surface area contributed by atoms with Crippen molar-refractivity contribution >= 4 is 23.2 Å². The summed E-state index contributed by atoms with van der Waals surface area (Å²) in [6.07, 6.45) is 0.560. The fraction of sp³-hybridized carbons (Fsp3) is 0.333. The minimum Gasteiger partial charge on any atom is -0.369 e. The largest absolute Gasteiger partial charge is 0.369 e. The molecule has 1 aromatic carbocycles. The molecule has 8 heteroatoms. The Morgan fingerprint density at radius 1 is 1.35 bits per heavy atom. The molecular weight excluding hydrogens is 264 g/mol. The Labute approximate surface area is 114 Å². The number of carbonyl (C=O) groups excluding carboxylic acids is 2. The number of nitro benzene ring substituents is 1. The first kappa shape index (κ1) is 13.8. The SMILES string of the molecule is NC(=O)c1ccc(N2CCC(C(N)=O)C2)c([N+](=O)[O-])c1. The second-order valence-corrected chi connectivity index (χ2v) is 4.66. The van der Waals surface area contributed by atoms with Gasteiger partial charge < -0.3 is 16.4 Å². The van der Waals surface area contributed by atoms with Gasteiger partial charge in [0.2, 0.25) is 11.8 Å². The average molecular weight is 278 g/mol. The van der Waals surface area contributed by atoms with Crippen molar-refractivity contribution < 1.29 is 14.5 Å². The highest BCUT2D eigenvalue weighted by Gasteiger charge is 2.30. The third-order valence-corrected chi connectivity index (χ3v) is 3.39.